The third-order valence-electron chi connectivity index (χ3n) is 6.10. The molecule has 2 fully saturated rings. The zero-order valence-electron chi connectivity index (χ0n) is 16.8. The molecule has 1 saturated carbocycles. The highest BCUT2D eigenvalue weighted by Gasteiger charge is 2.38. The number of benzene rings is 1. The standard InChI is InChI=1S/C22H34N4O2/c27-20(12-15-23-21(28)25-19-10-4-1-5-11-19)24-18-22(13-6-2-7-14-22)26-16-8-3-9-17-26/h1,4-5,10-11H,2-3,6-9,12-18H2,(H,24,27)(H2,23,25,28). The minimum absolute atomic E-state index is 0.0157. The number of carbonyl (C=O) groups excluding carboxylic acids is 2. The van der Waals surface area contributed by atoms with Crippen molar-refractivity contribution in [2.45, 2.75) is 63.3 Å². The van der Waals surface area contributed by atoms with Gasteiger partial charge in [0.05, 0.1) is 0 Å². The van der Waals surface area contributed by atoms with Gasteiger partial charge in [-0.2, -0.15) is 0 Å². The predicted octanol–water partition coefficient (Wildman–Crippen LogP) is 3.50. The highest BCUT2D eigenvalue weighted by molar-refractivity contribution is 5.89. The zero-order chi connectivity index (χ0) is 19.7. The Kier molecular flexibility index (Phi) is 7.71. The van der Waals surface area contributed by atoms with Crippen LogP contribution in [0.15, 0.2) is 30.3 Å². The first kappa shape index (κ1) is 20.6. The summed E-state index contributed by atoms with van der Waals surface area (Å²) in [7, 11) is 0. The van der Waals surface area contributed by atoms with Gasteiger partial charge >= 0.3 is 6.03 Å². The number of anilines is 1. The van der Waals surface area contributed by atoms with E-state index in [1.807, 2.05) is 30.3 Å². The second kappa shape index (κ2) is 10.5. The van der Waals surface area contributed by atoms with Gasteiger partial charge < -0.3 is 16.0 Å². The molecular weight excluding hydrogens is 352 g/mol. The van der Waals surface area contributed by atoms with Crippen molar-refractivity contribution in [3.05, 3.63) is 30.3 Å². The molecule has 6 heteroatoms. The fraction of sp³-hybridized carbons (Fsp3) is 0.636. The first-order chi connectivity index (χ1) is 13.7. The molecule has 3 N–H and O–H groups in total. The number of hydrogen-bond donors (Lipinski definition) is 3. The number of para-hydroxylation sites is 1. The van der Waals surface area contributed by atoms with E-state index in [1.165, 1.54) is 51.4 Å². The normalized spacial score (nSPS) is 19.6. The van der Waals surface area contributed by atoms with Crippen LogP contribution in [-0.4, -0.2) is 48.6 Å². The van der Waals surface area contributed by atoms with Gasteiger partial charge in [0.15, 0.2) is 0 Å². The molecule has 0 atom stereocenters. The molecule has 2 aliphatic rings. The van der Waals surface area contributed by atoms with Crippen LogP contribution in [0.4, 0.5) is 10.5 Å². The van der Waals surface area contributed by atoms with Crippen LogP contribution in [0.5, 0.6) is 0 Å². The Hall–Kier alpha value is -2.08. The molecule has 0 unspecified atom stereocenters. The van der Waals surface area contributed by atoms with Crippen molar-refractivity contribution in [3.8, 4) is 0 Å². The van der Waals surface area contributed by atoms with E-state index in [4.69, 9.17) is 0 Å². The van der Waals surface area contributed by atoms with Crippen molar-refractivity contribution < 1.29 is 9.59 Å². The summed E-state index contributed by atoms with van der Waals surface area (Å²) in [5, 5.41) is 8.67. The van der Waals surface area contributed by atoms with Crippen LogP contribution in [-0.2, 0) is 4.79 Å². The van der Waals surface area contributed by atoms with Gasteiger partial charge in [-0.05, 0) is 50.9 Å². The maximum atomic E-state index is 12.3. The molecular formula is C22H34N4O2. The molecule has 154 valence electrons. The average Bonchev–Trinajstić information content (AvgIpc) is 2.74. The number of likely N-dealkylation sites (tertiary alicyclic amines) is 1. The highest BCUT2D eigenvalue weighted by Crippen LogP contribution is 2.35. The van der Waals surface area contributed by atoms with E-state index >= 15 is 0 Å². The van der Waals surface area contributed by atoms with E-state index < -0.39 is 0 Å². The third kappa shape index (κ3) is 5.96. The molecule has 1 saturated heterocycles. The Balaban J connectivity index is 1.40. The third-order valence-corrected chi connectivity index (χ3v) is 6.10. The van der Waals surface area contributed by atoms with Crippen molar-refractivity contribution in [1.29, 1.82) is 0 Å². The molecule has 1 aromatic carbocycles. The highest BCUT2D eigenvalue weighted by atomic mass is 16.2. The first-order valence-electron chi connectivity index (χ1n) is 10.8. The Morgan fingerprint density at radius 3 is 2.29 bits per heavy atom. The summed E-state index contributed by atoms with van der Waals surface area (Å²) in [5.41, 5.74) is 0.886. The lowest BCUT2D eigenvalue weighted by Crippen LogP contribution is -2.58. The van der Waals surface area contributed by atoms with Gasteiger partial charge in [-0.25, -0.2) is 4.79 Å². The second-order valence-electron chi connectivity index (χ2n) is 8.11. The molecule has 3 amide bonds. The lowest BCUT2D eigenvalue weighted by atomic mass is 9.79. The van der Waals surface area contributed by atoms with Crippen LogP contribution < -0.4 is 16.0 Å². The molecule has 0 aromatic heterocycles. The van der Waals surface area contributed by atoms with Gasteiger partial charge in [0, 0.05) is 30.7 Å². The lowest BCUT2D eigenvalue weighted by Gasteiger charge is -2.48. The lowest BCUT2D eigenvalue weighted by molar-refractivity contribution is -0.122. The average molecular weight is 387 g/mol. The van der Waals surface area contributed by atoms with Crippen molar-refractivity contribution >= 4 is 17.6 Å². The van der Waals surface area contributed by atoms with Crippen LogP contribution in [0.2, 0.25) is 0 Å². The number of hydrogen-bond acceptors (Lipinski definition) is 3. The van der Waals surface area contributed by atoms with Gasteiger partial charge in [-0.1, -0.05) is 43.9 Å². The topological polar surface area (TPSA) is 73.5 Å². The molecule has 1 aliphatic heterocycles. The Morgan fingerprint density at radius 2 is 1.57 bits per heavy atom. The quantitative estimate of drug-likeness (QED) is 0.671. The number of nitrogens with one attached hydrogen (secondary N) is 3. The summed E-state index contributed by atoms with van der Waals surface area (Å²) in [4.78, 5) is 26.9. The van der Waals surface area contributed by atoms with Crippen LogP contribution in [0.25, 0.3) is 0 Å². The number of nitrogens with zero attached hydrogens (tertiary/aromatic N) is 1. The minimum Gasteiger partial charge on any atom is -0.354 e. The molecule has 0 radical (unpaired) electrons. The van der Waals surface area contributed by atoms with E-state index in [2.05, 4.69) is 20.9 Å². The van der Waals surface area contributed by atoms with Gasteiger partial charge in [-0.3, -0.25) is 9.69 Å². The van der Waals surface area contributed by atoms with Crippen LogP contribution >= 0.6 is 0 Å². The van der Waals surface area contributed by atoms with Crippen molar-refractivity contribution in [2.75, 3.05) is 31.5 Å². The molecule has 1 aliphatic carbocycles. The van der Waals surface area contributed by atoms with E-state index in [9.17, 15) is 9.59 Å². The fourth-order valence-corrected chi connectivity index (χ4v) is 4.52. The molecule has 1 aromatic rings. The maximum Gasteiger partial charge on any atom is 0.319 e. The monoisotopic (exact) mass is 386 g/mol. The van der Waals surface area contributed by atoms with Crippen LogP contribution in [0, 0.1) is 0 Å². The van der Waals surface area contributed by atoms with Crippen molar-refractivity contribution in [2.24, 2.45) is 0 Å². The molecule has 28 heavy (non-hydrogen) atoms. The summed E-state index contributed by atoms with van der Waals surface area (Å²) in [5.74, 6) is 0.0157. The molecule has 3 rings (SSSR count). The van der Waals surface area contributed by atoms with Crippen molar-refractivity contribution in [1.82, 2.24) is 15.5 Å². The molecule has 6 nitrogen and oxygen atoms in total. The van der Waals surface area contributed by atoms with Gasteiger partial charge in [-0.15, -0.1) is 0 Å². The summed E-state index contributed by atoms with van der Waals surface area (Å²) in [6.07, 6.45) is 10.4. The maximum absolute atomic E-state index is 12.3. The Morgan fingerprint density at radius 1 is 0.893 bits per heavy atom. The van der Waals surface area contributed by atoms with Gasteiger partial charge in [0.1, 0.15) is 0 Å². The minimum atomic E-state index is -0.281. The number of piperidine rings is 1. The SMILES string of the molecule is O=C(CCNC(=O)Nc1ccccc1)NCC1(N2CCCCC2)CCCCC1. The van der Waals surface area contributed by atoms with E-state index in [-0.39, 0.29) is 17.5 Å². The Bertz CT molecular complexity index is 623. The largest absolute Gasteiger partial charge is 0.354 e. The number of rotatable bonds is 7. The van der Waals surface area contributed by atoms with E-state index in [0.717, 1.165) is 25.3 Å². The molecule has 1 heterocycles. The summed E-state index contributed by atoms with van der Waals surface area (Å²) >= 11 is 0. The number of urea groups is 1. The van der Waals surface area contributed by atoms with E-state index in [0.29, 0.717) is 13.0 Å². The van der Waals surface area contributed by atoms with Crippen LogP contribution in [0.3, 0.4) is 0 Å². The smallest absolute Gasteiger partial charge is 0.319 e. The number of amides is 3. The van der Waals surface area contributed by atoms with Crippen LogP contribution in [0.1, 0.15) is 57.8 Å². The number of carbonyl (C=O) groups is 2. The summed E-state index contributed by atoms with van der Waals surface area (Å²) < 4.78 is 0. The fourth-order valence-electron chi connectivity index (χ4n) is 4.52. The van der Waals surface area contributed by atoms with Gasteiger partial charge in [0.25, 0.3) is 0 Å². The zero-order valence-corrected chi connectivity index (χ0v) is 16.8. The second-order valence-corrected chi connectivity index (χ2v) is 8.11. The Labute approximate surface area is 168 Å². The van der Waals surface area contributed by atoms with E-state index in [1.54, 1.807) is 0 Å². The van der Waals surface area contributed by atoms with Gasteiger partial charge in [0.2, 0.25) is 5.91 Å². The first-order valence-corrected chi connectivity index (χ1v) is 10.8. The van der Waals surface area contributed by atoms with Crippen molar-refractivity contribution in [3.63, 3.8) is 0 Å². The molecule has 0 spiro atoms. The predicted molar refractivity (Wildman–Crippen MR) is 112 cm³/mol. The summed E-state index contributed by atoms with van der Waals surface area (Å²) in [6, 6.07) is 9.01. The molecule has 0 bridgehead atoms. The summed E-state index contributed by atoms with van der Waals surface area (Å²) in [6.45, 7) is 3.40.